The number of hydrogen-bond acceptors (Lipinski definition) is 2. The molecule has 0 saturated heterocycles. The molecular formula is C8H6FNO. The summed E-state index contributed by atoms with van der Waals surface area (Å²) in [5.41, 5.74) is 0.411. The Labute approximate surface area is 63.5 Å². The fraction of sp³-hybridized carbons (Fsp3) is 0.125. The van der Waals surface area contributed by atoms with Crippen molar-refractivity contribution in [3.05, 3.63) is 35.6 Å². The van der Waals surface area contributed by atoms with E-state index in [1.807, 2.05) is 0 Å². The summed E-state index contributed by atoms with van der Waals surface area (Å²) in [6.07, 6.45) is -1.16. The van der Waals surface area contributed by atoms with Crippen molar-refractivity contribution in [1.29, 1.82) is 5.26 Å². The summed E-state index contributed by atoms with van der Waals surface area (Å²) < 4.78 is 12.3. The van der Waals surface area contributed by atoms with E-state index in [-0.39, 0.29) is 5.82 Å². The minimum Gasteiger partial charge on any atom is -0.374 e. The van der Waals surface area contributed by atoms with Gasteiger partial charge in [-0.3, -0.25) is 0 Å². The quantitative estimate of drug-likeness (QED) is 0.616. The van der Waals surface area contributed by atoms with E-state index in [0.717, 1.165) is 0 Å². The first kappa shape index (κ1) is 7.70. The van der Waals surface area contributed by atoms with E-state index in [0.29, 0.717) is 5.56 Å². The maximum Gasteiger partial charge on any atom is 0.165 e. The van der Waals surface area contributed by atoms with Crippen molar-refractivity contribution in [3.8, 4) is 6.07 Å². The topological polar surface area (TPSA) is 44.0 Å². The first-order chi connectivity index (χ1) is 5.24. The van der Waals surface area contributed by atoms with E-state index in [9.17, 15) is 4.39 Å². The van der Waals surface area contributed by atoms with Crippen LogP contribution in [0.25, 0.3) is 0 Å². The number of nitrogens with zero attached hydrogens (tertiary/aromatic N) is 1. The van der Waals surface area contributed by atoms with Gasteiger partial charge in [0.2, 0.25) is 0 Å². The third kappa shape index (κ3) is 1.76. The lowest BCUT2D eigenvalue weighted by Crippen LogP contribution is -1.92. The molecule has 1 aromatic rings. The molecule has 0 heterocycles. The number of nitriles is 1. The highest BCUT2D eigenvalue weighted by molar-refractivity contribution is 5.22. The molecule has 3 heteroatoms. The average molecular weight is 151 g/mol. The Hall–Kier alpha value is -1.40. The lowest BCUT2D eigenvalue weighted by atomic mass is 10.1. The van der Waals surface area contributed by atoms with Crippen molar-refractivity contribution in [3.63, 3.8) is 0 Å². The highest BCUT2D eigenvalue weighted by atomic mass is 19.1. The fourth-order valence-electron chi connectivity index (χ4n) is 0.720. The second-order valence-electron chi connectivity index (χ2n) is 2.08. The Bertz CT molecular complexity index is 275. The molecule has 0 aliphatic carbocycles. The monoisotopic (exact) mass is 151 g/mol. The van der Waals surface area contributed by atoms with Crippen LogP contribution < -0.4 is 0 Å². The van der Waals surface area contributed by atoms with Gasteiger partial charge in [0.25, 0.3) is 0 Å². The number of hydrogen-bond donors (Lipinski definition) is 1. The van der Waals surface area contributed by atoms with E-state index in [1.165, 1.54) is 24.3 Å². The Morgan fingerprint density at radius 2 is 1.91 bits per heavy atom. The number of halogens is 1. The molecule has 0 aromatic heterocycles. The molecule has 0 unspecified atom stereocenters. The lowest BCUT2D eigenvalue weighted by Gasteiger charge is -1.99. The van der Waals surface area contributed by atoms with Gasteiger partial charge in [0, 0.05) is 0 Å². The van der Waals surface area contributed by atoms with Gasteiger partial charge >= 0.3 is 0 Å². The number of aliphatic hydroxyl groups is 1. The molecule has 1 atom stereocenters. The molecule has 1 aromatic carbocycles. The Morgan fingerprint density at radius 1 is 1.36 bits per heavy atom. The molecular weight excluding hydrogens is 145 g/mol. The Kier molecular flexibility index (Phi) is 2.19. The van der Waals surface area contributed by atoms with Crippen molar-refractivity contribution in [2.45, 2.75) is 6.10 Å². The predicted octanol–water partition coefficient (Wildman–Crippen LogP) is 1.38. The van der Waals surface area contributed by atoms with Gasteiger partial charge in [0.15, 0.2) is 6.10 Å². The van der Waals surface area contributed by atoms with E-state index in [4.69, 9.17) is 10.4 Å². The molecule has 2 nitrogen and oxygen atoms in total. The minimum atomic E-state index is -1.16. The van der Waals surface area contributed by atoms with Gasteiger partial charge in [0.05, 0.1) is 6.07 Å². The van der Waals surface area contributed by atoms with Crippen molar-refractivity contribution in [2.75, 3.05) is 0 Å². The molecule has 0 amide bonds. The van der Waals surface area contributed by atoms with Crippen LogP contribution in [-0.2, 0) is 0 Å². The molecule has 11 heavy (non-hydrogen) atoms. The highest BCUT2D eigenvalue weighted by Gasteiger charge is 2.03. The van der Waals surface area contributed by atoms with Gasteiger partial charge in [-0.25, -0.2) is 4.39 Å². The standard InChI is InChI=1S/C8H6FNO/c9-7-3-1-6(2-4-7)8(11)5-10/h1-4,8,11H/t8-/m1/s1. The average Bonchev–Trinajstić information content (AvgIpc) is 2.05. The van der Waals surface area contributed by atoms with Crippen LogP contribution in [0.15, 0.2) is 24.3 Å². The van der Waals surface area contributed by atoms with Crippen LogP contribution in [0.2, 0.25) is 0 Å². The normalized spacial score (nSPS) is 12.1. The number of aliphatic hydroxyl groups excluding tert-OH is 1. The van der Waals surface area contributed by atoms with Crippen LogP contribution in [0.3, 0.4) is 0 Å². The van der Waals surface area contributed by atoms with Gasteiger partial charge < -0.3 is 5.11 Å². The van der Waals surface area contributed by atoms with Crippen LogP contribution in [0.1, 0.15) is 11.7 Å². The van der Waals surface area contributed by atoms with Gasteiger partial charge in [-0.05, 0) is 17.7 Å². The largest absolute Gasteiger partial charge is 0.374 e. The molecule has 0 saturated carbocycles. The van der Waals surface area contributed by atoms with E-state index < -0.39 is 6.10 Å². The Morgan fingerprint density at radius 3 is 2.36 bits per heavy atom. The SMILES string of the molecule is N#C[C@@H](O)c1ccc(F)cc1. The van der Waals surface area contributed by atoms with Gasteiger partial charge in [-0.1, -0.05) is 12.1 Å². The molecule has 0 spiro atoms. The maximum atomic E-state index is 12.3. The van der Waals surface area contributed by atoms with E-state index in [2.05, 4.69) is 0 Å². The summed E-state index contributed by atoms with van der Waals surface area (Å²) in [7, 11) is 0. The third-order valence-electron chi connectivity index (χ3n) is 1.31. The molecule has 56 valence electrons. The first-order valence-electron chi connectivity index (χ1n) is 3.07. The van der Waals surface area contributed by atoms with Crippen molar-refractivity contribution in [2.24, 2.45) is 0 Å². The van der Waals surface area contributed by atoms with E-state index >= 15 is 0 Å². The predicted molar refractivity (Wildman–Crippen MR) is 37.0 cm³/mol. The molecule has 0 bridgehead atoms. The van der Waals surface area contributed by atoms with Crippen LogP contribution in [-0.4, -0.2) is 5.11 Å². The molecule has 0 fully saturated rings. The Balaban J connectivity index is 2.92. The van der Waals surface area contributed by atoms with Gasteiger partial charge in [-0.15, -0.1) is 0 Å². The summed E-state index contributed by atoms with van der Waals surface area (Å²) in [6, 6.07) is 6.80. The van der Waals surface area contributed by atoms with Gasteiger partial charge in [-0.2, -0.15) is 5.26 Å². The van der Waals surface area contributed by atoms with Crippen molar-refractivity contribution in [1.82, 2.24) is 0 Å². The molecule has 0 aliphatic rings. The second-order valence-corrected chi connectivity index (χ2v) is 2.08. The van der Waals surface area contributed by atoms with Crippen LogP contribution >= 0.6 is 0 Å². The lowest BCUT2D eigenvalue weighted by molar-refractivity contribution is 0.236. The fourth-order valence-corrected chi connectivity index (χ4v) is 0.720. The van der Waals surface area contributed by atoms with Crippen LogP contribution in [0.4, 0.5) is 4.39 Å². The summed E-state index contributed by atoms with van der Waals surface area (Å²) >= 11 is 0. The molecule has 1 N–H and O–H groups in total. The summed E-state index contributed by atoms with van der Waals surface area (Å²) in [4.78, 5) is 0. The molecule has 1 rings (SSSR count). The third-order valence-corrected chi connectivity index (χ3v) is 1.31. The molecule has 0 aliphatic heterocycles. The maximum absolute atomic E-state index is 12.3. The van der Waals surface area contributed by atoms with Crippen molar-refractivity contribution >= 4 is 0 Å². The number of rotatable bonds is 1. The summed E-state index contributed by atoms with van der Waals surface area (Å²) in [5.74, 6) is -0.376. The van der Waals surface area contributed by atoms with Crippen LogP contribution in [0.5, 0.6) is 0 Å². The first-order valence-corrected chi connectivity index (χ1v) is 3.07. The van der Waals surface area contributed by atoms with Gasteiger partial charge in [0.1, 0.15) is 5.82 Å². The zero-order chi connectivity index (χ0) is 8.27. The summed E-state index contributed by atoms with van der Waals surface area (Å²) in [6.45, 7) is 0. The number of benzene rings is 1. The van der Waals surface area contributed by atoms with Crippen molar-refractivity contribution < 1.29 is 9.50 Å². The highest BCUT2D eigenvalue weighted by Crippen LogP contribution is 2.11. The zero-order valence-electron chi connectivity index (χ0n) is 5.66. The summed E-state index contributed by atoms with van der Waals surface area (Å²) in [5, 5.41) is 17.2. The van der Waals surface area contributed by atoms with E-state index in [1.54, 1.807) is 6.07 Å². The second kappa shape index (κ2) is 3.13. The smallest absolute Gasteiger partial charge is 0.165 e. The molecule has 0 radical (unpaired) electrons. The minimum absolute atomic E-state index is 0.376. The zero-order valence-corrected chi connectivity index (χ0v) is 5.66. The van der Waals surface area contributed by atoms with Crippen LogP contribution in [0, 0.1) is 17.1 Å².